The van der Waals surface area contributed by atoms with Gasteiger partial charge in [-0.3, -0.25) is 4.90 Å². The molecule has 1 aliphatic carbocycles. The first-order chi connectivity index (χ1) is 8.29. The molecule has 2 aliphatic rings. The van der Waals surface area contributed by atoms with Crippen LogP contribution in [0.15, 0.2) is 0 Å². The minimum absolute atomic E-state index is 0.345. The summed E-state index contributed by atoms with van der Waals surface area (Å²) in [5, 5.41) is 13.0. The Morgan fingerprint density at radius 3 is 2.71 bits per heavy atom. The van der Waals surface area contributed by atoms with E-state index in [1.165, 1.54) is 51.6 Å². The molecule has 0 aromatic carbocycles. The number of nitrogens with zero attached hydrogens (tertiary/aromatic N) is 1. The third-order valence-corrected chi connectivity index (χ3v) is 4.66. The Bertz CT molecular complexity index is 226. The Morgan fingerprint density at radius 1 is 1.29 bits per heavy atom. The highest BCUT2D eigenvalue weighted by Crippen LogP contribution is 2.39. The summed E-state index contributed by atoms with van der Waals surface area (Å²) in [6.45, 7) is 7.17. The second-order valence-corrected chi connectivity index (χ2v) is 5.94. The van der Waals surface area contributed by atoms with Crippen molar-refractivity contribution in [3.63, 3.8) is 0 Å². The molecule has 1 aliphatic heterocycles. The second kappa shape index (κ2) is 6.17. The summed E-state index contributed by atoms with van der Waals surface area (Å²) in [4.78, 5) is 2.54. The van der Waals surface area contributed by atoms with Gasteiger partial charge in [0.2, 0.25) is 0 Å². The molecule has 0 aromatic rings. The van der Waals surface area contributed by atoms with Crippen LogP contribution in [0.5, 0.6) is 0 Å². The maximum Gasteiger partial charge on any atom is 0.0586 e. The van der Waals surface area contributed by atoms with E-state index >= 15 is 0 Å². The molecule has 0 amide bonds. The fraction of sp³-hybridized carbons (Fsp3) is 1.00. The monoisotopic (exact) mass is 240 g/mol. The molecular formula is C14H28N2O. The van der Waals surface area contributed by atoms with Gasteiger partial charge in [-0.1, -0.05) is 19.8 Å². The number of likely N-dealkylation sites (tertiary alicyclic amines) is 1. The second-order valence-electron chi connectivity index (χ2n) is 5.94. The maximum atomic E-state index is 9.41. The number of nitrogens with one attached hydrogen (secondary N) is 1. The summed E-state index contributed by atoms with van der Waals surface area (Å²) in [6, 6.07) is 0.439. The van der Waals surface area contributed by atoms with Crippen molar-refractivity contribution in [3.8, 4) is 0 Å². The van der Waals surface area contributed by atoms with Crippen molar-refractivity contribution < 1.29 is 5.11 Å². The van der Waals surface area contributed by atoms with E-state index in [2.05, 4.69) is 17.1 Å². The van der Waals surface area contributed by atoms with Gasteiger partial charge in [0.1, 0.15) is 0 Å². The molecule has 0 spiro atoms. The van der Waals surface area contributed by atoms with Gasteiger partial charge in [-0.15, -0.1) is 0 Å². The van der Waals surface area contributed by atoms with E-state index in [0.717, 1.165) is 13.1 Å². The molecule has 0 bridgehead atoms. The molecule has 3 heteroatoms. The molecule has 17 heavy (non-hydrogen) atoms. The van der Waals surface area contributed by atoms with Crippen LogP contribution in [-0.4, -0.2) is 48.8 Å². The van der Waals surface area contributed by atoms with E-state index < -0.39 is 0 Å². The van der Waals surface area contributed by atoms with Gasteiger partial charge in [0.15, 0.2) is 0 Å². The van der Waals surface area contributed by atoms with E-state index in [9.17, 15) is 5.11 Å². The van der Waals surface area contributed by atoms with Crippen LogP contribution < -0.4 is 5.32 Å². The molecule has 1 unspecified atom stereocenters. The Balaban J connectivity index is 1.92. The molecule has 3 nitrogen and oxygen atoms in total. The fourth-order valence-corrected chi connectivity index (χ4v) is 3.65. The number of hydrogen-bond donors (Lipinski definition) is 2. The van der Waals surface area contributed by atoms with Crippen LogP contribution in [0.25, 0.3) is 0 Å². The first-order valence-electron chi connectivity index (χ1n) is 7.35. The Labute approximate surface area is 106 Å². The van der Waals surface area contributed by atoms with Gasteiger partial charge >= 0.3 is 0 Å². The molecule has 0 aromatic heterocycles. The molecular weight excluding hydrogens is 212 g/mol. The van der Waals surface area contributed by atoms with Crippen LogP contribution >= 0.6 is 0 Å². The molecule has 1 saturated heterocycles. The van der Waals surface area contributed by atoms with Gasteiger partial charge in [0.25, 0.3) is 0 Å². The molecule has 2 fully saturated rings. The van der Waals surface area contributed by atoms with Crippen LogP contribution in [0, 0.1) is 5.41 Å². The number of aliphatic hydroxyl groups is 1. The van der Waals surface area contributed by atoms with Crippen molar-refractivity contribution in [3.05, 3.63) is 0 Å². The minimum Gasteiger partial charge on any atom is -0.395 e. The van der Waals surface area contributed by atoms with Gasteiger partial charge in [-0.2, -0.15) is 0 Å². The average molecular weight is 240 g/mol. The molecule has 0 radical (unpaired) electrons. The standard InChI is InChI=1S/C14H28N2O/c1-2-15-11-14(7-3-4-8-14)12-16-9-5-6-13(16)10-17/h13,15,17H,2-12H2,1H3. The first kappa shape index (κ1) is 13.3. The highest BCUT2D eigenvalue weighted by molar-refractivity contribution is 4.92. The zero-order valence-electron chi connectivity index (χ0n) is 11.2. The molecule has 100 valence electrons. The molecule has 1 saturated carbocycles. The lowest BCUT2D eigenvalue weighted by Gasteiger charge is -2.36. The zero-order chi connectivity index (χ0) is 12.1. The fourth-order valence-electron chi connectivity index (χ4n) is 3.65. The van der Waals surface area contributed by atoms with Crippen LogP contribution in [0.2, 0.25) is 0 Å². The molecule has 1 atom stereocenters. The largest absolute Gasteiger partial charge is 0.395 e. The predicted octanol–water partition coefficient (Wildman–Crippen LogP) is 1.61. The van der Waals surface area contributed by atoms with Crippen LogP contribution in [0.1, 0.15) is 45.4 Å². The van der Waals surface area contributed by atoms with Crippen molar-refractivity contribution in [1.82, 2.24) is 10.2 Å². The number of aliphatic hydroxyl groups excluding tert-OH is 1. The SMILES string of the molecule is CCNCC1(CN2CCCC2CO)CCCC1. The molecule has 2 rings (SSSR count). The Kier molecular flexibility index (Phi) is 4.83. The van der Waals surface area contributed by atoms with Gasteiger partial charge in [0, 0.05) is 19.1 Å². The number of rotatable bonds is 6. The Morgan fingerprint density at radius 2 is 2.06 bits per heavy atom. The smallest absolute Gasteiger partial charge is 0.0586 e. The lowest BCUT2D eigenvalue weighted by molar-refractivity contribution is 0.103. The quantitative estimate of drug-likeness (QED) is 0.740. The third-order valence-electron chi connectivity index (χ3n) is 4.66. The first-order valence-corrected chi connectivity index (χ1v) is 7.35. The van der Waals surface area contributed by atoms with E-state index in [4.69, 9.17) is 0 Å². The van der Waals surface area contributed by atoms with Crippen molar-refractivity contribution >= 4 is 0 Å². The summed E-state index contributed by atoms with van der Waals surface area (Å²) in [7, 11) is 0. The zero-order valence-corrected chi connectivity index (χ0v) is 11.2. The van der Waals surface area contributed by atoms with Gasteiger partial charge < -0.3 is 10.4 Å². The van der Waals surface area contributed by atoms with Crippen LogP contribution in [0.4, 0.5) is 0 Å². The van der Waals surface area contributed by atoms with Crippen molar-refractivity contribution in [1.29, 1.82) is 0 Å². The van der Waals surface area contributed by atoms with E-state index in [-0.39, 0.29) is 0 Å². The summed E-state index contributed by atoms with van der Waals surface area (Å²) in [5.41, 5.74) is 0.494. The normalized spacial score (nSPS) is 28.9. The summed E-state index contributed by atoms with van der Waals surface area (Å²) < 4.78 is 0. The summed E-state index contributed by atoms with van der Waals surface area (Å²) in [6.07, 6.45) is 7.98. The van der Waals surface area contributed by atoms with Crippen molar-refractivity contribution in [2.24, 2.45) is 5.41 Å². The molecule has 1 heterocycles. The van der Waals surface area contributed by atoms with E-state index in [1.807, 2.05) is 0 Å². The van der Waals surface area contributed by atoms with Gasteiger partial charge in [-0.05, 0) is 44.2 Å². The van der Waals surface area contributed by atoms with Gasteiger partial charge in [-0.25, -0.2) is 0 Å². The minimum atomic E-state index is 0.345. The predicted molar refractivity (Wildman–Crippen MR) is 71.1 cm³/mol. The number of hydrogen-bond acceptors (Lipinski definition) is 3. The van der Waals surface area contributed by atoms with Crippen molar-refractivity contribution in [2.75, 3.05) is 32.8 Å². The van der Waals surface area contributed by atoms with E-state index in [1.54, 1.807) is 0 Å². The lowest BCUT2D eigenvalue weighted by Crippen LogP contribution is -2.45. The lowest BCUT2D eigenvalue weighted by atomic mass is 9.85. The summed E-state index contributed by atoms with van der Waals surface area (Å²) in [5.74, 6) is 0. The van der Waals surface area contributed by atoms with Crippen LogP contribution in [0.3, 0.4) is 0 Å². The highest BCUT2D eigenvalue weighted by atomic mass is 16.3. The highest BCUT2D eigenvalue weighted by Gasteiger charge is 2.37. The van der Waals surface area contributed by atoms with Crippen LogP contribution in [-0.2, 0) is 0 Å². The third kappa shape index (κ3) is 3.21. The summed E-state index contributed by atoms with van der Waals surface area (Å²) >= 11 is 0. The topological polar surface area (TPSA) is 35.5 Å². The van der Waals surface area contributed by atoms with Gasteiger partial charge in [0.05, 0.1) is 6.61 Å². The molecule has 2 N–H and O–H groups in total. The Hall–Kier alpha value is -0.120. The average Bonchev–Trinajstić information content (AvgIpc) is 2.97. The van der Waals surface area contributed by atoms with E-state index in [0.29, 0.717) is 18.1 Å². The van der Waals surface area contributed by atoms with Crippen molar-refractivity contribution in [2.45, 2.75) is 51.5 Å². The maximum absolute atomic E-state index is 9.41.